The Hall–Kier alpha value is -2.00. The number of benzene rings is 2. The van der Waals surface area contributed by atoms with E-state index in [4.69, 9.17) is 11.6 Å². The van der Waals surface area contributed by atoms with Crippen LogP contribution in [0.4, 0.5) is 10.1 Å². The normalized spacial score (nSPS) is 16.2. The molecule has 1 heterocycles. The van der Waals surface area contributed by atoms with E-state index >= 15 is 0 Å². The molecular formula is C18H20ClFN3O3S+. The van der Waals surface area contributed by atoms with E-state index in [1.54, 1.807) is 30.3 Å². The molecule has 144 valence electrons. The number of nitrogens with one attached hydrogen (secondary N) is 2. The third-order valence-electron chi connectivity index (χ3n) is 4.42. The van der Waals surface area contributed by atoms with Crippen LogP contribution in [-0.2, 0) is 14.8 Å². The van der Waals surface area contributed by atoms with Crippen LogP contribution in [0.1, 0.15) is 0 Å². The average Bonchev–Trinajstić information content (AvgIpc) is 2.66. The minimum atomic E-state index is -3.50. The molecule has 0 atom stereocenters. The molecule has 1 saturated heterocycles. The summed E-state index contributed by atoms with van der Waals surface area (Å²) in [6.07, 6.45) is 0. The van der Waals surface area contributed by atoms with Gasteiger partial charge in [-0.2, -0.15) is 4.31 Å². The summed E-state index contributed by atoms with van der Waals surface area (Å²) < 4.78 is 39.8. The predicted molar refractivity (Wildman–Crippen MR) is 101 cm³/mol. The first-order valence-corrected chi connectivity index (χ1v) is 10.3. The molecule has 0 radical (unpaired) electrons. The molecule has 9 heteroatoms. The third kappa shape index (κ3) is 4.84. The molecule has 6 nitrogen and oxygen atoms in total. The highest BCUT2D eigenvalue weighted by molar-refractivity contribution is 7.89. The fraction of sp³-hybridized carbons (Fsp3) is 0.278. The van der Waals surface area contributed by atoms with Crippen LogP contribution in [0, 0.1) is 5.82 Å². The topological polar surface area (TPSA) is 70.9 Å². The van der Waals surface area contributed by atoms with Gasteiger partial charge < -0.3 is 10.2 Å². The molecule has 1 aliphatic rings. The number of rotatable bonds is 5. The van der Waals surface area contributed by atoms with E-state index in [1.807, 2.05) is 0 Å². The van der Waals surface area contributed by atoms with E-state index in [-0.39, 0.29) is 22.4 Å². The summed E-state index contributed by atoms with van der Waals surface area (Å²) in [5.41, 5.74) is 0.427. The molecule has 0 spiro atoms. The Morgan fingerprint density at radius 1 is 1.15 bits per heavy atom. The van der Waals surface area contributed by atoms with Gasteiger partial charge in [-0.25, -0.2) is 12.8 Å². The summed E-state index contributed by atoms with van der Waals surface area (Å²) in [4.78, 5) is 13.4. The number of piperazine rings is 1. The fourth-order valence-corrected chi connectivity index (χ4v) is 4.61. The summed E-state index contributed by atoms with van der Waals surface area (Å²) in [7, 11) is -3.50. The summed E-state index contributed by atoms with van der Waals surface area (Å²) in [6, 6.07) is 12.3. The second-order valence-electron chi connectivity index (χ2n) is 6.32. The van der Waals surface area contributed by atoms with Crippen LogP contribution < -0.4 is 10.2 Å². The van der Waals surface area contributed by atoms with Gasteiger partial charge in [0.15, 0.2) is 6.54 Å². The molecular weight excluding hydrogens is 393 g/mol. The summed E-state index contributed by atoms with van der Waals surface area (Å²) >= 11 is 5.70. The molecule has 2 aromatic carbocycles. The van der Waals surface area contributed by atoms with Crippen molar-refractivity contribution < 1.29 is 22.5 Å². The van der Waals surface area contributed by atoms with Gasteiger partial charge in [0.25, 0.3) is 5.91 Å². The van der Waals surface area contributed by atoms with Gasteiger partial charge in [0.2, 0.25) is 10.0 Å². The Morgan fingerprint density at radius 3 is 2.44 bits per heavy atom. The van der Waals surface area contributed by atoms with Crippen molar-refractivity contribution in [2.45, 2.75) is 4.90 Å². The average molecular weight is 413 g/mol. The number of nitrogens with zero attached hydrogens (tertiary/aromatic N) is 1. The van der Waals surface area contributed by atoms with E-state index in [0.29, 0.717) is 31.9 Å². The predicted octanol–water partition coefficient (Wildman–Crippen LogP) is 1.01. The van der Waals surface area contributed by atoms with Crippen molar-refractivity contribution in [3.63, 3.8) is 0 Å². The summed E-state index contributed by atoms with van der Waals surface area (Å²) in [5.74, 6) is -0.775. The number of amides is 1. The maximum Gasteiger partial charge on any atom is 0.279 e. The van der Waals surface area contributed by atoms with E-state index in [9.17, 15) is 17.6 Å². The highest BCUT2D eigenvalue weighted by Crippen LogP contribution is 2.19. The standard InChI is InChI=1S/C18H19ClFN3O3S/c19-16-12-14(6-7-17(16)20)21-18(24)13-22-8-10-23(11-9-22)27(25,26)15-4-2-1-3-5-15/h1-7,12H,8-11,13H2,(H,21,24)/p+1. The Bertz CT molecular complexity index is 917. The summed E-state index contributed by atoms with van der Waals surface area (Å²) in [6.45, 7) is 1.96. The highest BCUT2D eigenvalue weighted by atomic mass is 35.5. The molecule has 1 fully saturated rings. The number of anilines is 1. The number of hydrogen-bond acceptors (Lipinski definition) is 3. The van der Waals surface area contributed by atoms with Gasteiger partial charge in [-0.3, -0.25) is 4.79 Å². The molecule has 3 rings (SSSR count). The third-order valence-corrected chi connectivity index (χ3v) is 6.63. The SMILES string of the molecule is O=C(C[NH+]1CCN(S(=O)(=O)c2ccccc2)CC1)Nc1ccc(F)c(Cl)c1. The molecule has 27 heavy (non-hydrogen) atoms. The first kappa shape index (κ1) is 19.8. The zero-order valence-corrected chi connectivity index (χ0v) is 16.1. The van der Waals surface area contributed by atoms with Gasteiger partial charge in [0.05, 0.1) is 36.1 Å². The molecule has 0 bridgehead atoms. The van der Waals surface area contributed by atoms with Gasteiger partial charge in [-0.15, -0.1) is 0 Å². The molecule has 2 aromatic rings. The lowest BCUT2D eigenvalue weighted by atomic mass is 10.3. The fourth-order valence-electron chi connectivity index (χ4n) is 2.97. The highest BCUT2D eigenvalue weighted by Gasteiger charge is 2.30. The van der Waals surface area contributed by atoms with Gasteiger partial charge in [0.1, 0.15) is 5.82 Å². The van der Waals surface area contributed by atoms with Crippen molar-refractivity contribution in [3.05, 3.63) is 59.4 Å². The first-order chi connectivity index (χ1) is 12.9. The first-order valence-electron chi connectivity index (χ1n) is 8.50. The van der Waals surface area contributed by atoms with Crippen LogP contribution in [0.15, 0.2) is 53.4 Å². The van der Waals surface area contributed by atoms with Crippen LogP contribution in [0.3, 0.4) is 0 Å². The van der Waals surface area contributed by atoms with Gasteiger partial charge in [-0.1, -0.05) is 29.8 Å². The molecule has 1 amide bonds. The van der Waals surface area contributed by atoms with E-state index < -0.39 is 15.8 Å². The van der Waals surface area contributed by atoms with Crippen molar-refractivity contribution in [3.8, 4) is 0 Å². The number of sulfonamides is 1. The van der Waals surface area contributed by atoms with Crippen LogP contribution >= 0.6 is 11.6 Å². The molecule has 0 saturated carbocycles. The smallest absolute Gasteiger partial charge is 0.279 e. The number of carbonyl (C=O) groups excluding carboxylic acids is 1. The minimum Gasteiger partial charge on any atom is -0.325 e. The van der Waals surface area contributed by atoms with Crippen molar-refractivity contribution >= 4 is 33.2 Å². The largest absolute Gasteiger partial charge is 0.325 e. The minimum absolute atomic E-state index is 0.0557. The van der Waals surface area contributed by atoms with Crippen molar-refractivity contribution in [1.29, 1.82) is 0 Å². The number of quaternary nitrogens is 1. The molecule has 0 aromatic heterocycles. The lowest BCUT2D eigenvalue weighted by Gasteiger charge is -2.31. The number of hydrogen-bond donors (Lipinski definition) is 2. The second kappa shape index (κ2) is 8.35. The quantitative estimate of drug-likeness (QED) is 0.770. The van der Waals surface area contributed by atoms with Crippen LogP contribution in [0.2, 0.25) is 5.02 Å². The Balaban J connectivity index is 1.53. The van der Waals surface area contributed by atoms with Gasteiger partial charge in [0, 0.05) is 5.69 Å². The van der Waals surface area contributed by atoms with Crippen LogP contribution in [-0.4, -0.2) is 51.4 Å². The second-order valence-corrected chi connectivity index (χ2v) is 8.67. The van der Waals surface area contributed by atoms with Crippen molar-refractivity contribution in [1.82, 2.24) is 4.31 Å². The zero-order valence-electron chi connectivity index (χ0n) is 14.5. The van der Waals surface area contributed by atoms with Crippen LogP contribution in [0.25, 0.3) is 0 Å². The Kier molecular flexibility index (Phi) is 6.11. The monoisotopic (exact) mass is 412 g/mol. The van der Waals surface area contributed by atoms with E-state index in [0.717, 1.165) is 4.90 Å². The molecule has 0 unspecified atom stereocenters. The lowest BCUT2D eigenvalue weighted by molar-refractivity contribution is -0.895. The molecule has 2 N–H and O–H groups in total. The van der Waals surface area contributed by atoms with E-state index in [2.05, 4.69) is 5.32 Å². The van der Waals surface area contributed by atoms with E-state index in [1.165, 1.54) is 22.5 Å². The zero-order chi connectivity index (χ0) is 19.4. The Morgan fingerprint density at radius 2 is 1.81 bits per heavy atom. The van der Waals surface area contributed by atoms with Crippen molar-refractivity contribution in [2.24, 2.45) is 0 Å². The van der Waals surface area contributed by atoms with Gasteiger partial charge >= 0.3 is 0 Å². The van der Waals surface area contributed by atoms with Gasteiger partial charge in [-0.05, 0) is 30.3 Å². The molecule has 1 aliphatic heterocycles. The van der Waals surface area contributed by atoms with Crippen LogP contribution in [0.5, 0.6) is 0 Å². The lowest BCUT2D eigenvalue weighted by Crippen LogP contribution is -3.15. The number of carbonyl (C=O) groups is 1. The maximum absolute atomic E-state index is 13.2. The summed E-state index contributed by atoms with van der Waals surface area (Å²) in [5, 5.41) is 2.63. The number of halogens is 2. The Labute approximate surface area is 162 Å². The maximum atomic E-state index is 13.2. The molecule has 0 aliphatic carbocycles. The van der Waals surface area contributed by atoms with Crippen molar-refractivity contribution in [2.75, 3.05) is 38.0 Å².